The minimum absolute atomic E-state index is 0.0853. The molecule has 5 heteroatoms. The van der Waals surface area contributed by atoms with Crippen LogP contribution in [0.15, 0.2) is 18.2 Å². The molecule has 1 aromatic rings. The number of nitrogens with zero attached hydrogens (tertiary/aromatic N) is 2. The minimum Gasteiger partial charge on any atom is -0.379 e. The molecule has 1 N–H and O–H groups in total. The van der Waals surface area contributed by atoms with Crippen LogP contribution in [0.25, 0.3) is 0 Å². The van der Waals surface area contributed by atoms with Crippen molar-refractivity contribution in [3.05, 3.63) is 29.6 Å². The van der Waals surface area contributed by atoms with E-state index >= 15 is 0 Å². The van der Waals surface area contributed by atoms with Gasteiger partial charge in [0, 0.05) is 31.4 Å². The van der Waals surface area contributed by atoms with Gasteiger partial charge in [-0.15, -0.1) is 0 Å². The predicted molar refractivity (Wildman–Crippen MR) is 91.6 cm³/mol. The van der Waals surface area contributed by atoms with Crippen LogP contribution >= 0.6 is 0 Å². The molecule has 1 amide bonds. The van der Waals surface area contributed by atoms with E-state index < -0.39 is 0 Å². The quantitative estimate of drug-likeness (QED) is 0.837. The molecule has 0 radical (unpaired) electrons. The van der Waals surface area contributed by atoms with Gasteiger partial charge in [-0.3, -0.25) is 9.69 Å². The highest BCUT2D eigenvalue weighted by Crippen LogP contribution is 2.19. The normalized spacial score (nSPS) is 17.2. The van der Waals surface area contributed by atoms with Gasteiger partial charge in [0.25, 0.3) is 5.91 Å². The van der Waals surface area contributed by atoms with Gasteiger partial charge in [-0.05, 0) is 25.0 Å². The van der Waals surface area contributed by atoms with E-state index in [-0.39, 0.29) is 5.91 Å². The Kier molecular flexibility index (Phi) is 6.99. The first-order chi connectivity index (χ1) is 11.2. The molecule has 1 aliphatic rings. The van der Waals surface area contributed by atoms with Crippen molar-refractivity contribution in [2.24, 2.45) is 5.92 Å². The summed E-state index contributed by atoms with van der Waals surface area (Å²) < 4.78 is 5.47. The fourth-order valence-electron chi connectivity index (χ4n) is 3.29. The van der Waals surface area contributed by atoms with Crippen LogP contribution in [0.3, 0.4) is 0 Å². The van der Waals surface area contributed by atoms with Gasteiger partial charge < -0.3 is 10.1 Å². The lowest BCUT2D eigenvalue weighted by atomic mass is 9.92. The van der Waals surface area contributed by atoms with Crippen molar-refractivity contribution in [1.82, 2.24) is 15.2 Å². The zero-order chi connectivity index (χ0) is 16.7. The van der Waals surface area contributed by atoms with Crippen LogP contribution in [0.2, 0.25) is 0 Å². The Labute approximate surface area is 139 Å². The average Bonchev–Trinajstić information content (AvgIpc) is 2.59. The van der Waals surface area contributed by atoms with Crippen LogP contribution in [0.5, 0.6) is 0 Å². The standard InChI is InChI=1S/C18H29N3O2/c1-4-15(5-2)17(21-9-11-23-12-10-21)13-19-18(22)16-8-6-7-14(3)20-16/h6-8,15,17H,4-5,9-13H2,1-3H3,(H,19,22). The number of hydrogen-bond acceptors (Lipinski definition) is 4. The van der Waals surface area contributed by atoms with E-state index in [1.807, 2.05) is 19.1 Å². The molecular formula is C18H29N3O2. The molecule has 1 atom stereocenters. The smallest absolute Gasteiger partial charge is 0.269 e. The van der Waals surface area contributed by atoms with Crippen LogP contribution in [0, 0.1) is 12.8 Å². The van der Waals surface area contributed by atoms with Crippen LogP contribution in [0.1, 0.15) is 42.9 Å². The largest absolute Gasteiger partial charge is 0.379 e. The third-order valence-electron chi connectivity index (χ3n) is 4.70. The predicted octanol–water partition coefficient (Wildman–Crippen LogP) is 2.26. The molecule has 0 aromatic carbocycles. The molecule has 0 bridgehead atoms. The molecule has 5 nitrogen and oxygen atoms in total. The number of pyridine rings is 1. The number of rotatable bonds is 7. The van der Waals surface area contributed by atoms with Gasteiger partial charge in [-0.2, -0.15) is 0 Å². The third kappa shape index (κ3) is 5.01. The highest BCUT2D eigenvalue weighted by molar-refractivity contribution is 5.92. The molecule has 1 aromatic heterocycles. The van der Waals surface area contributed by atoms with E-state index in [0.717, 1.165) is 44.8 Å². The molecular weight excluding hydrogens is 290 g/mol. The Bertz CT molecular complexity index is 497. The lowest BCUT2D eigenvalue weighted by Gasteiger charge is -2.38. The highest BCUT2D eigenvalue weighted by Gasteiger charge is 2.27. The molecule has 0 aliphatic carbocycles. The fourth-order valence-corrected chi connectivity index (χ4v) is 3.29. The molecule has 1 saturated heterocycles. The van der Waals surface area contributed by atoms with Crippen molar-refractivity contribution in [3.63, 3.8) is 0 Å². The summed E-state index contributed by atoms with van der Waals surface area (Å²) in [5.41, 5.74) is 1.36. The van der Waals surface area contributed by atoms with E-state index in [0.29, 0.717) is 24.2 Å². The molecule has 0 spiro atoms. The molecule has 1 aliphatic heterocycles. The van der Waals surface area contributed by atoms with Crippen LogP contribution in [-0.4, -0.2) is 54.7 Å². The van der Waals surface area contributed by atoms with E-state index in [1.54, 1.807) is 6.07 Å². The number of nitrogens with one attached hydrogen (secondary N) is 1. The number of hydrogen-bond donors (Lipinski definition) is 1. The van der Waals surface area contributed by atoms with E-state index in [4.69, 9.17) is 4.74 Å². The van der Waals surface area contributed by atoms with Crippen molar-refractivity contribution >= 4 is 5.91 Å². The number of aromatic nitrogens is 1. The SMILES string of the molecule is CCC(CC)C(CNC(=O)c1cccc(C)n1)N1CCOCC1. The average molecular weight is 319 g/mol. The van der Waals surface area contributed by atoms with E-state index in [1.165, 1.54) is 0 Å². The highest BCUT2D eigenvalue weighted by atomic mass is 16.5. The zero-order valence-electron chi connectivity index (χ0n) is 14.5. The summed E-state index contributed by atoms with van der Waals surface area (Å²) in [4.78, 5) is 19.1. The number of carbonyl (C=O) groups excluding carboxylic acids is 1. The Hall–Kier alpha value is -1.46. The van der Waals surface area contributed by atoms with Gasteiger partial charge in [0.1, 0.15) is 5.69 Å². The van der Waals surface area contributed by atoms with Gasteiger partial charge in [-0.1, -0.05) is 32.8 Å². The second kappa shape index (κ2) is 8.99. The number of amides is 1. The van der Waals surface area contributed by atoms with Gasteiger partial charge >= 0.3 is 0 Å². The Balaban J connectivity index is 2.00. The molecule has 23 heavy (non-hydrogen) atoms. The van der Waals surface area contributed by atoms with Crippen molar-refractivity contribution in [3.8, 4) is 0 Å². The maximum atomic E-state index is 12.4. The number of morpholine rings is 1. The lowest BCUT2D eigenvalue weighted by molar-refractivity contribution is 0.00190. The molecule has 2 heterocycles. The Morgan fingerprint density at radius 1 is 1.30 bits per heavy atom. The molecule has 1 unspecified atom stereocenters. The van der Waals surface area contributed by atoms with Crippen molar-refractivity contribution in [2.75, 3.05) is 32.8 Å². The van der Waals surface area contributed by atoms with Crippen molar-refractivity contribution in [2.45, 2.75) is 39.7 Å². The van der Waals surface area contributed by atoms with Gasteiger partial charge in [0.15, 0.2) is 0 Å². The monoisotopic (exact) mass is 319 g/mol. The van der Waals surface area contributed by atoms with E-state index in [9.17, 15) is 4.79 Å². The summed E-state index contributed by atoms with van der Waals surface area (Å²) in [6, 6.07) is 5.90. The number of carbonyl (C=O) groups is 1. The summed E-state index contributed by atoms with van der Waals surface area (Å²) >= 11 is 0. The van der Waals surface area contributed by atoms with Crippen molar-refractivity contribution in [1.29, 1.82) is 0 Å². The van der Waals surface area contributed by atoms with Gasteiger partial charge in [0.05, 0.1) is 13.2 Å². The molecule has 128 valence electrons. The van der Waals surface area contributed by atoms with Crippen molar-refractivity contribution < 1.29 is 9.53 Å². The first-order valence-electron chi connectivity index (χ1n) is 8.69. The second-order valence-corrected chi connectivity index (χ2v) is 6.17. The zero-order valence-corrected chi connectivity index (χ0v) is 14.5. The summed E-state index contributed by atoms with van der Waals surface area (Å²) in [5.74, 6) is 0.497. The molecule has 1 fully saturated rings. The first kappa shape index (κ1) is 17.9. The molecule has 2 rings (SSSR count). The number of aryl methyl sites for hydroxylation is 1. The number of ether oxygens (including phenoxy) is 1. The Morgan fingerprint density at radius 2 is 2.00 bits per heavy atom. The molecule has 0 saturated carbocycles. The summed E-state index contributed by atoms with van der Waals surface area (Å²) in [5, 5.41) is 3.09. The summed E-state index contributed by atoms with van der Waals surface area (Å²) in [6.45, 7) is 10.5. The maximum absolute atomic E-state index is 12.4. The minimum atomic E-state index is -0.0853. The van der Waals surface area contributed by atoms with E-state index in [2.05, 4.69) is 29.0 Å². The third-order valence-corrected chi connectivity index (χ3v) is 4.70. The second-order valence-electron chi connectivity index (χ2n) is 6.17. The topological polar surface area (TPSA) is 54.5 Å². The maximum Gasteiger partial charge on any atom is 0.269 e. The van der Waals surface area contributed by atoms with Crippen LogP contribution in [0.4, 0.5) is 0 Å². The van der Waals surface area contributed by atoms with Gasteiger partial charge in [-0.25, -0.2) is 4.98 Å². The van der Waals surface area contributed by atoms with Crippen LogP contribution < -0.4 is 5.32 Å². The first-order valence-corrected chi connectivity index (χ1v) is 8.69. The van der Waals surface area contributed by atoms with Gasteiger partial charge in [0.2, 0.25) is 0 Å². The lowest BCUT2D eigenvalue weighted by Crippen LogP contribution is -2.52. The van der Waals surface area contributed by atoms with Crippen LogP contribution in [-0.2, 0) is 4.74 Å². The summed E-state index contributed by atoms with van der Waals surface area (Å²) in [6.07, 6.45) is 2.24. The fraction of sp³-hybridized carbons (Fsp3) is 0.667. The Morgan fingerprint density at radius 3 is 2.61 bits per heavy atom. The summed E-state index contributed by atoms with van der Waals surface area (Å²) in [7, 11) is 0.